The van der Waals surface area contributed by atoms with Gasteiger partial charge in [-0.05, 0) is 41.5 Å². The number of carbonyl (C=O) groups excluding carboxylic acids is 2. The Bertz CT molecular complexity index is 395. The standard InChI is InChI=1S/C15H26N2O3/c1-7-20-15(19)13(12(6)18)14-16(10(2)3)8-9-17(14)11(4)5/h10-11H,7-9H2,1-6H3. The van der Waals surface area contributed by atoms with Crippen molar-refractivity contribution in [1.29, 1.82) is 0 Å². The van der Waals surface area contributed by atoms with E-state index in [2.05, 4.69) is 37.5 Å². The van der Waals surface area contributed by atoms with Gasteiger partial charge in [-0.2, -0.15) is 0 Å². The molecule has 0 aromatic rings. The van der Waals surface area contributed by atoms with Crippen molar-refractivity contribution in [3.05, 3.63) is 11.4 Å². The molecule has 1 aliphatic heterocycles. The minimum atomic E-state index is -0.520. The van der Waals surface area contributed by atoms with Gasteiger partial charge >= 0.3 is 5.97 Å². The third kappa shape index (κ3) is 3.32. The molecule has 1 aliphatic rings. The Morgan fingerprint density at radius 3 is 1.85 bits per heavy atom. The van der Waals surface area contributed by atoms with Crippen LogP contribution in [0.5, 0.6) is 0 Å². The highest BCUT2D eigenvalue weighted by atomic mass is 16.5. The summed E-state index contributed by atoms with van der Waals surface area (Å²) in [7, 11) is 0. The van der Waals surface area contributed by atoms with Crippen LogP contribution in [0.15, 0.2) is 11.4 Å². The molecular weight excluding hydrogens is 256 g/mol. The van der Waals surface area contributed by atoms with Gasteiger partial charge in [-0.15, -0.1) is 0 Å². The molecule has 0 amide bonds. The van der Waals surface area contributed by atoms with Gasteiger partial charge in [0.05, 0.1) is 6.61 Å². The SMILES string of the molecule is CCOC(=O)C(C(C)=O)=C1N(C(C)C)CCN1C(C)C. The van der Waals surface area contributed by atoms with Crippen LogP contribution in [-0.4, -0.2) is 53.3 Å². The number of Topliss-reactive ketones (excluding diaryl/α,β-unsaturated/α-hetero) is 1. The molecule has 5 nitrogen and oxygen atoms in total. The monoisotopic (exact) mass is 282 g/mol. The zero-order valence-corrected chi connectivity index (χ0v) is 13.4. The van der Waals surface area contributed by atoms with Crippen LogP contribution in [0.1, 0.15) is 41.5 Å². The molecule has 5 heteroatoms. The van der Waals surface area contributed by atoms with Gasteiger partial charge in [0.25, 0.3) is 0 Å². The predicted octanol–water partition coefficient (Wildman–Crippen LogP) is 1.78. The lowest BCUT2D eigenvalue weighted by atomic mass is 10.1. The van der Waals surface area contributed by atoms with Crippen LogP contribution in [0.3, 0.4) is 0 Å². The fourth-order valence-corrected chi connectivity index (χ4v) is 2.48. The maximum Gasteiger partial charge on any atom is 0.345 e. The topological polar surface area (TPSA) is 49.9 Å². The number of nitrogens with zero attached hydrogens (tertiary/aromatic N) is 2. The van der Waals surface area contributed by atoms with E-state index in [0.29, 0.717) is 0 Å². The lowest BCUT2D eigenvalue weighted by Crippen LogP contribution is -2.36. The van der Waals surface area contributed by atoms with Crippen LogP contribution < -0.4 is 0 Å². The van der Waals surface area contributed by atoms with Gasteiger partial charge in [0.15, 0.2) is 5.78 Å². The summed E-state index contributed by atoms with van der Waals surface area (Å²) in [6.45, 7) is 13.3. The first kappa shape index (κ1) is 16.5. The van der Waals surface area contributed by atoms with E-state index in [1.165, 1.54) is 6.92 Å². The summed E-state index contributed by atoms with van der Waals surface area (Å²) in [5.74, 6) is -0.0363. The van der Waals surface area contributed by atoms with Gasteiger partial charge in [-0.25, -0.2) is 4.79 Å². The van der Waals surface area contributed by atoms with Gasteiger partial charge < -0.3 is 14.5 Å². The minimum absolute atomic E-state index is 0.173. The van der Waals surface area contributed by atoms with E-state index in [9.17, 15) is 9.59 Å². The predicted molar refractivity (Wildman–Crippen MR) is 78.0 cm³/mol. The zero-order valence-electron chi connectivity index (χ0n) is 13.4. The van der Waals surface area contributed by atoms with Gasteiger partial charge in [0.2, 0.25) is 0 Å². The molecule has 1 heterocycles. The maximum absolute atomic E-state index is 12.2. The van der Waals surface area contributed by atoms with Gasteiger partial charge in [0, 0.05) is 25.2 Å². The second-order valence-corrected chi connectivity index (χ2v) is 5.55. The van der Waals surface area contributed by atoms with Crippen molar-refractivity contribution in [2.24, 2.45) is 0 Å². The molecule has 0 aliphatic carbocycles. The third-order valence-electron chi connectivity index (χ3n) is 3.43. The Labute approximate surface area is 121 Å². The molecule has 0 saturated carbocycles. The van der Waals surface area contributed by atoms with Gasteiger partial charge in [-0.3, -0.25) is 4.79 Å². The van der Waals surface area contributed by atoms with Crippen LogP contribution >= 0.6 is 0 Å². The van der Waals surface area contributed by atoms with Crippen LogP contribution in [0.25, 0.3) is 0 Å². The second-order valence-electron chi connectivity index (χ2n) is 5.55. The molecule has 114 valence electrons. The fraction of sp³-hybridized carbons (Fsp3) is 0.733. The van der Waals surface area contributed by atoms with Crippen molar-refractivity contribution in [2.75, 3.05) is 19.7 Å². The van der Waals surface area contributed by atoms with Crippen molar-refractivity contribution in [3.8, 4) is 0 Å². The summed E-state index contributed by atoms with van der Waals surface area (Å²) < 4.78 is 5.06. The highest BCUT2D eigenvalue weighted by Gasteiger charge is 2.35. The lowest BCUT2D eigenvalue weighted by Gasteiger charge is -2.31. The first-order chi connectivity index (χ1) is 9.31. The third-order valence-corrected chi connectivity index (χ3v) is 3.43. The van der Waals surface area contributed by atoms with Crippen LogP contribution in [-0.2, 0) is 14.3 Å². The average molecular weight is 282 g/mol. The van der Waals surface area contributed by atoms with E-state index in [-0.39, 0.29) is 30.0 Å². The number of rotatable bonds is 5. The fourth-order valence-electron chi connectivity index (χ4n) is 2.48. The van der Waals surface area contributed by atoms with E-state index >= 15 is 0 Å². The van der Waals surface area contributed by atoms with Gasteiger partial charge in [0.1, 0.15) is 11.4 Å². The molecule has 0 aromatic carbocycles. The smallest absolute Gasteiger partial charge is 0.345 e. The minimum Gasteiger partial charge on any atom is -0.462 e. The molecule has 0 spiro atoms. The lowest BCUT2D eigenvalue weighted by molar-refractivity contribution is -0.140. The zero-order chi connectivity index (χ0) is 15.4. The van der Waals surface area contributed by atoms with E-state index in [4.69, 9.17) is 4.74 Å². The Morgan fingerprint density at radius 2 is 1.55 bits per heavy atom. The normalized spacial score (nSPS) is 15.3. The number of ketones is 1. The summed E-state index contributed by atoms with van der Waals surface area (Å²) >= 11 is 0. The molecule has 0 N–H and O–H groups in total. The summed E-state index contributed by atoms with van der Waals surface area (Å²) in [5.41, 5.74) is 0.173. The average Bonchev–Trinajstić information content (AvgIpc) is 2.73. The van der Waals surface area contributed by atoms with E-state index in [1.54, 1.807) is 6.92 Å². The molecule has 20 heavy (non-hydrogen) atoms. The van der Waals surface area contributed by atoms with Crippen molar-refractivity contribution in [2.45, 2.75) is 53.6 Å². The largest absolute Gasteiger partial charge is 0.462 e. The molecule has 1 saturated heterocycles. The molecule has 0 unspecified atom stereocenters. The molecular formula is C15H26N2O3. The van der Waals surface area contributed by atoms with Crippen LogP contribution in [0.4, 0.5) is 0 Å². The molecule has 0 bridgehead atoms. The van der Waals surface area contributed by atoms with E-state index in [1.807, 2.05) is 0 Å². The highest BCUT2D eigenvalue weighted by molar-refractivity contribution is 6.16. The Morgan fingerprint density at radius 1 is 1.10 bits per heavy atom. The Hall–Kier alpha value is -1.52. The number of hydrogen-bond donors (Lipinski definition) is 0. The molecule has 1 fully saturated rings. The Balaban J connectivity index is 3.35. The maximum atomic E-state index is 12.2. The number of hydrogen-bond acceptors (Lipinski definition) is 5. The summed E-state index contributed by atoms with van der Waals surface area (Å²) in [6.07, 6.45) is 0. The number of carbonyl (C=O) groups is 2. The first-order valence-corrected chi connectivity index (χ1v) is 7.26. The molecule has 0 radical (unpaired) electrons. The summed E-state index contributed by atoms with van der Waals surface area (Å²) in [5, 5.41) is 0. The summed E-state index contributed by atoms with van der Waals surface area (Å²) in [4.78, 5) is 28.3. The van der Waals surface area contributed by atoms with E-state index < -0.39 is 5.97 Å². The van der Waals surface area contributed by atoms with Crippen molar-refractivity contribution in [1.82, 2.24) is 9.80 Å². The first-order valence-electron chi connectivity index (χ1n) is 7.26. The number of esters is 1. The quantitative estimate of drug-likeness (QED) is 0.333. The highest BCUT2D eigenvalue weighted by Crippen LogP contribution is 2.27. The van der Waals surface area contributed by atoms with Crippen molar-refractivity contribution >= 4 is 11.8 Å². The van der Waals surface area contributed by atoms with Crippen molar-refractivity contribution in [3.63, 3.8) is 0 Å². The number of ether oxygens (including phenoxy) is 1. The molecule has 1 rings (SSSR count). The molecule has 0 aromatic heterocycles. The van der Waals surface area contributed by atoms with E-state index in [0.717, 1.165) is 18.9 Å². The Kier molecular flexibility index (Phi) is 5.60. The van der Waals surface area contributed by atoms with Gasteiger partial charge in [-0.1, -0.05) is 0 Å². The summed E-state index contributed by atoms with van der Waals surface area (Å²) in [6, 6.07) is 0.468. The second kappa shape index (κ2) is 6.77. The van der Waals surface area contributed by atoms with Crippen molar-refractivity contribution < 1.29 is 14.3 Å². The van der Waals surface area contributed by atoms with Crippen LogP contribution in [0.2, 0.25) is 0 Å². The van der Waals surface area contributed by atoms with Crippen LogP contribution in [0, 0.1) is 0 Å². The molecule has 0 atom stereocenters.